The SMILES string of the molecule is CCNC(=NCC(O)COCC1CC1)NC(C)c1ccc(OCC2CC2)c(F)c1.I. The third kappa shape index (κ3) is 8.93. The van der Waals surface area contributed by atoms with Gasteiger partial charge in [-0.3, -0.25) is 4.99 Å². The molecule has 2 fully saturated rings. The number of nitrogens with one attached hydrogen (secondary N) is 2. The fourth-order valence-electron chi connectivity index (χ4n) is 2.91. The summed E-state index contributed by atoms with van der Waals surface area (Å²) in [5.41, 5.74) is 0.806. The first kappa shape index (κ1) is 25.1. The molecule has 0 saturated heterocycles. The Morgan fingerprint density at radius 2 is 1.93 bits per heavy atom. The highest BCUT2D eigenvalue weighted by molar-refractivity contribution is 14.0. The number of rotatable bonds is 12. The third-order valence-electron chi connectivity index (χ3n) is 5.15. The lowest BCUT2D eigenvalue weighted by Gasteiger charge is -2.19. The van der Waals surface area contributed by atoms with E-state index >= 15 is 0 Å². The molecule has 0 aromatic heterocycles. The zero-order chi connectivity index (χ0) is 20.6. The molecule has 0 aliphatic heterocycles. The summed E-state index contributed by atoms with van der Waals surface area (Å²) in [7, 11) is 0. The molecular formula is C22H35FIN3O3. The van der Waals surface area contributed by atoms with E-state index in [9.17, 15) is 9.50 Å². The summed E-state index contributed by atoms with van der Waals surface area (Å²) in [6.07, 6.45) is 4.17. The van der Waals surface area contributed by atoms with Gasteiger partial charge in [-0.2, -0.15) is 0 Å². The summed E-state index contributed by atoms with van der Waals surface area (Å²) < 4.78 is 25.4. The molecule has 0 spiro atoms. The van der Waals surface area contributed by atoms with Crippen LogP contribution in [-0.2, 0) is 4.74 Å². The summed E-state index contributed by atoms with van der Waals surface area (Å²) in [5, 5.41) is 16.5. The van der Waals surface area contributed by atoms with E-state index in [0.717, 1.165) is 12.2 Å². The average Bonchev–Trinajstić information content (AvgIpc) is 3.60. The van der Waals surface area contributed by atoms with E-state index in [1.807, 2.05) is 19.9 Å². The average molecular weight is 535 g/mol. The minimum absolute atomic E-state index is 0. The third-order valence-corrected chi connectivity index (χ3v) is 5.15. The van der Waals surface area contributed by atoms with Crippen molar-refractivity contribution in [2.45, 2.75) is 51.7 Å². The lowest BCUT2D eigenvalue weighted by atomic mass is 10.1. The maximum atomic E-state index is 14.4. The standard InChI is InChI=1S/C22H34FN3O3.HI/c1-3-24-22(25-11-19(27)14-28-12-16-4-5-16)26-15(2)18-8-9-21(20(23)10-18)29-13-17-6-7-17;/h8-10,15-17,19,27H,3-7,11-14H2,1-2H3,(H2,24,25,26);1H. The van der Waals surface area contributed by atoms with E-state index in [0.29, 0.717) is 43.3 Å². The first-order valence-electron chi connectivity index (χ1n) is 10.8. The van der Waals surface area contributed by atoms with Crippen molar-refractivity contribution < 1.29 is 19.0 Å². The van der Waals surface area contributed by atoms with Crippen molar-refractivity contribution in [2.75, 3.05) is 32.9 Å². The summed E-state index contributed by atoms with van der Waals surface area (Å²) >= 11 is 0. The molecule has 2 atom stereocenters. The molecule has 30 heavy (non-hydrogen) atoms. The van der Waals surface area contributed by atoms with Gasteiger partial charge in [-0.15, -0.1) is 24.0 Å². The van der Waals surface area contributed by atoms with Crippen LogP contribution in [-0.4, -0.2) is 50.1 Å². The number of hydrogen-bond donors (Lipinski definition) is 3. The second-order valence-electron chi connectivity index (χ2n) is 8.16. The van der Waals surface area contributed by atoms with Crippen LogP contribution in [0.1, 0.15) is 51.1 Å². The number of nitrogens with zero attached hydrogens (tertiary/aromatic N) is 1. The molecule has 8 heteroatoms. The lowest BCUT2D eigenvalue weighted by molar-refractivity contribution is 0.0368. The number of aliphatic hydroxyl groups is 1. The van der Waals surface area contributed by atoms with Crippen molar-refractivity contribution in [1.29, 1.82) is 0 Å². The Morgan fingerprint density at radius 1 is 1.23 bits per heavy atom. The highest BCUT2D eigenvalue weighted by Gasteiger charge is 2.23. The van der Waals surface area contributed by atoms with Gasteiger partial charge in [0.25, 0.3) is 0 Å². The Balaban J connectivity index is 0.00000320. The molecule has 0 radical (unpaired) electrons. The monoisotopic (exact) mass is 535 g/mol. The minimum atomic E-state index is -0.639. The molecule has 2 saturated carbocycles. The maximum absolute atomic E-state index is 14.4. The van der Waals surface area contributed by atoms with Crippen LogP contribution < -0.4 is 15.4 Å². The Kier molecular flexibility index (Phi) is 10.6. The van der Waals surface area contributed by atoms with E-state index in [4.69, 9.17) is 9.47 Å². The Morgan fingerprint density at radius 3 is 2.57 bits per heavy atom. The molecule has 2 aliphatic rings. The van der Waals surface area contributed by atoms with Crippen LogP contribution >= 0.6 is 24.0 Å². The van der Waals surface area contributed by atoms with Crippen LogP contribution in [0.25, 0.3) is 0 Å². The smallest absolute Gasteiger partial charge is 0.191 e. The number of ether oxygens (including phenoxy) is 2. The van der Waals surface area contributed by atoms with Gasteiger partial charge in [0.1, 0.15) is 0 Å². The van der Waals surface area contributed by atoms with Crippen molar-refractivity contribution in [1.82, 2.24) is 10.6 Å². The van der Waals surface area contributed by atoms with Gasteiger partial charge in [0.15, 0.2) is 17.5 Å². The van der Waals surface area contributed by atoms with E-state index < -0.39 is 6.10 Å². The number of benzene rings is 1. The molecule has 2 unspecified atom stereocenters. The number of guanidine groups is 1. The van der Waals surface area contributed by atoms with Gasteiger partial charge in [-0.05, 0) is 69.1 Å². The first-order chi connectivity index (χ1) is 14.0. The van der Waals surface area contributed by atoms with E-state index in [1.54, 1.807) is 6.07 Å². The molecule has 6 nitrogen and oxygen atoms in total. The predicted molar refractivity (Wildman–Crippen MR) is 127 cm³/mol. The second-order valence-corrected chi connectivity index (χ2v) is 8.16. The lowest BCUT2D eigenvalue weighted by Crippen LogP contribution is -2.39. The molecule has 170 valence electrons. The van der Waals surface area contributed by atoms with Crippen LogP contribution in [0.3, 0.4) is 0 Å². The normalized spacial score (nSPS) is 18.3. The molecule has 1 aromatic rings. The number of aliphatic hydroxyl groups excluding tert-OH is 1. The van der Waals surface area contributed by atoms with Crippen molar-refractivity contribution in [3.05, 3.63) is 29.6 Å². The molecule has 3 rings (SSSR count). The largest absolute Gasteiger partial charge is 0.490 e. The summed E-state index contributed by atoms with van der Waals surface area (Å²) in [6.45, 7) is 6.47. The van der Waals surface area contributed by atoms with Crippen molar-refractivity contribution >= 4 is 29.9 Å². The van der Waals surface area contributed by atoms with Crippen molar-refractivity contribution in [3.8, 4) is 5.75 Å². The number of hydrogen-bond acceptors (Lipinski definition) is 4. The van der Waals surface area contributed by atoms with Crippen LogP contribution in [0.2, 0.25) is 0 Å². The number of halogens is 2. The van der Waals surface area contributed by atoms with E-state index in [1.165, 1.54) is 31.7 Å². The molecule has 0 heterocycles. The topological polar surface area (TPSA) is 75.1 Å². The second kappa shape index (κ2) is 12.7. The van der Waals surface area contributed by atoms with Gasteiger partial charge in [-0.1, -0.05) is 6.07 Å². The quantitative estimate of drug-likeness (QED) is 0.217. The molecule has 0 amide bonds. The van der Waals surface area contributed by atoms with Gasteiger partial charge >= 0.3 is 0 Å². The zero-order valence-electron chi connectivity index (χ0n) is 17.9. The highest BCUT2D eigenvalue weighted by Crippen LogP contribution is 2.31. The zero-order valence-corrected chi connectivity index (χ0v) is 20.2. The van der Waals surface area contributed by atoms with Crippen LogP contribution in [0.5, 0.6) is 5.75 Å². The minimum Gasteiger partial charge on any atom is -0.490 e. The Bertz CT molecular complexity index is 684. The van der Waals surface area contributed by atoms with Gasteiger partial charge in [0.05, 0.1) is 31.9 Å². The molecule has 3 N–H and O–H groups in total. The Labute approximate surface area is 196 Å². The van der Waals surface area contributed by atoms with Crippen LogP contribution in [0.15, 0.2) is 23.2 Å². The van der Waals surface area contributed by atoms with Crippen molar-refractivity contribution in [3.63, 3.8) is 0 Å². The molecule has 2 aliphatic carbocycles. The summed E-state index contributed by atoms with van der Waals surface area (Å²) in [5.74, 6) is 1.81. The fraction of sp³-hybridized carbons (Fsp3) is 0.682. The maximum Gasteiger partial charge on any atom is 0.191 e. The predicted octanol–water partition coefficient (Wildman–Crippen LogP) is 3.64. The summed E-state index contributed by atoms with van der Waals surface area (Å²) in [4.78, 5) is 4.43. The van der Waals surface area contributed by atoms with Gasteiger partial charge < -0.3 is 25.2 Å². The molecular weight excluding hydrogens is 500 g/mol. The van der Waals surface area contributed by atoms with E-state index in [-0.39, 0.29) is 42.4 Å². The van der Waals surface area contributed by atoms with Crippen molar-refractivity contribution in [2.24, 2.45) is 16.8 Å². The number of aliphatic imine (C=N–C) groups is 1. The summed E-state index contributed by atoms with van der Waals surface area (Å²) in [6, 6.07) is 4.91. The van der Waals surface area contributed by atoms with Gasteiger partial charge in [0, 0.05) is 13.2 Å². The highest BCUT2D eigenvalue weighted by atomic mass is 127. The molecule has 0 bridgehead atoms. The van der Waals surface area contributed by atoms with E-state index in [2.05, 4.69) is 15.6 Å². The molecule has 1 aromatic carbocycles. The van der Waals surface area contributed by atoms with Gasteiger partial charge in [0.2, 0.25) is 0 Å². The van der Waals surface area contributed by atoms with Crippen LogP contribution in [0.4, 0.5) is 4.39 Å². The fourth-order valence-corrected chi connectivity index (χ4v) is 2.91. The van der Waals surface area contributed by atoms with Crippen LogP contribution in [0, 0.1) is 17.7 Å². The van der Waals surface area contributed by atoms with Gasteiger partial charge in [-0.25, -0.2) is 4.39 Å². The Hall–Kier alpha value is -1.13. The first-order valence-corrected chi connectivity index (χ1v) is 10.8.